The van der Waals surface area contributed by atoms with Gasteiger partial charge in [-0.05, 0) is 42.0 Å². The monoisotopic (exact) mass is 379 g/mol. The first-order valence-electron chi connectivity index (χ1n) is 6.74. The Morgan fingerprint density at radius 3 is 2.65 bits per heavy atom. The minimum absolute atomic E-state index is 0.393. The van der Waals surface area contributed by atoms with E-state index < -0.39 is 18.0 Å². The van der Waals surface area contributed by atoms with Crippen molar-refractivity contribution >= 4 is 33.7 Å². The van der Waals surface area contributed by atoms with Crippen LogP contribution < -0.4 is 5.32 Å². The van der Waals surface area contributed by atoms with Gasteiger partial charge >= 0.3 is 5.97 Å². The topological polar surface area (TPSA) is 58.6 Å². The number of carbonyl (C=O) groups is 1. The minimum atomic E-state index is -0.984. The molecule has 0 spiro atoms. The number of esters is 1. The second-order valence-corrected chi connectivity index (χ2v) is 5.64. The van der Waals surface area contributed by atoms with E-state index in [0.717, 1.165) is 4.47 Å². The Kier molecular flexibility index (Phi) is 5.90. The first kappa shape index (κ1) is 17.2. The van der Waals surface area contributed by atoms with Gasteiger partial charge in [-0.25, -0.2) is 9.18 Å². The Morgan fingerprint density at radius 2 is 2.00 bits per heavy atom. The van der Waals surface area contributed by atoms with Crippen LogP contribution in [0.1, 0.15) is 17.4 Å². The molecule has 0 aliphatic rings. The minimum Gasteiger partial charge on any atom is -0.466 e. The zero-order chi connectivity index (χ0) is 16.8. The van der Waals surface area contributed by atoms with Crippen molar-refractivity contribution in [1.29, 1.82) is 0 Å². The number of carbonyl (C=O) groups excluding carboxylic acids is 1. The van der Waals surface area contributed by atoms with Crippen molar-refractivity contribution in [2.75, 3.05) is 12.4 Å². The summed E-state index contributed by atoms with van der Waals surface area (Å²) >= 11 is 3.32. The standard InChI is InChI=1S/C17H15BrFNO3/c1-23-16(21)7-2-11-8-14(19)10-15(9-11)20-17(22)12-3-5-13(18)6-4-12/h2-10,17,20,22H,1H3/b7-2+. The molecule has 0 radical (unpaired) electrons. The van der Waals surface area contributed by atoms with Crippen molar-refractivity contribution in [2.24, 2.45) is 0 Å². The summed E-state index contributed by atoms with van der Waals surface area (Å²) in [6.07, 6.45) is 1.65. The molecule has 2 N–H and O–H groups in total. The molecule has 2 aromatic carbocycles. The van der Waals surface area contributed by atoms with E-state index in [4.69, 9.17) is 0 Å². The highest BCUT2D eigenvalue weighted by Crippen LogP contribution is 2.22. The molecule has 6 heteroatoms. The number of aliphatic hydroxyl groups is 1. The van der Waals surface area contributed by atoms with Crippen LogP contribution in [0, 0.1) is 5.82 Å². The summed E-state index contributed by atoms with van der Waals surface area (Å²) in [5, 5.41) is 13.0. The highest BCUT2D eigenvalue weighted by Gasteiger charge is 2.08. The molecule has 1 atom stereocenters. The molecule has 4 nitrogen and oxygen atoms in total. The summed E-state index contributed by atoms with van der Waals surface area (Å²) in [5.41, 5.74) is 1.51. The number of hydrogen-bond acceptors (Lipinski definition) is 4. The van der Waals surface area contributed by atoms with Gasteiger partial charge in [-0.3, -0.25) is 0 Å². The summed E-state index contributed by atoms with van der Waals surface area (Å²) in [6.45, 7) is 0. The van der Waals surface area contributed by atoms with E-state index >= 15 is 0 Å². The lowest BCUT2D eigenvalue weighted by Gasteiger charge is -2.15. The average Bonchev–Trinajstić information content (AvgIpc) is 2.52. The largest absolute Gasteiger partial charge is 0.466 e. The third-order valence-electron chi connectivity index (χ3n) is 3.02. The van der Waals surface area contributed by atoms with Gasteiger partial charge in [-0.15, -0.1) is 0 Å². The highest BCUT2D eigenvalue weighted by molar-refractivity contribution is 9.10. The number of anilines is 1. The SMILES string of the molecule is COC(=O)/C=C/c1cc(F)cc(NC(O)c2ccc(Br)cc2)c1. The lowest BCUT2D eigenvalue weighted by molar-refractivity contribution is -0.134. The molecule has 0 aliphatic carbocycles. The molecule has 0 amide bonds. The van der Waals surface area contributed by atoms with E-state index in [1.807, 2.05) is 0 Å². The van der Waals surface area contributed by atoms with Gasteiger partial charge in [0.1, 0.15) is 5.82 Å². The maximum absolute atomic E-state index is 13.7. The second-order valence-electron chi connectivity index (χ2n) is 4.73. The maximum Gasteiger partial charge on any atom is 0.330 e. The van der Waals surface area contributed by atoms with Crippen LogP contribution in [0.25, 0.3) is 6.08 Å². The molecule has 0 aliphatic heterocycles. The number of rotatable bonds is 5. The summed E-state index contributed by atoms with van der Waals surface area (Å²) in [6, 6.07) is 11.3. The van der Waals surface area contributed by atoms with E-state index in [1.54, 1.807) is 30.3 Å². The summed E-state index contributed by atoms with van der Waals surface area (Å²) in [7, 11) is 1.26. The number of ether oxygens (including phenoxy) is 1. The van der Waals surface area contributed by atoms with Crippen LogP contribution in [-0.4, -0.2) is 18.2 Å². The van der Waals surface area contributed by atoms with Gasteiger partial charge in [-0.2, -0.15) is 0 Å². The predicted molar refractivity (Wildman–Crippen MR) is 90.2 cm³/mol. The first-order chi connectivity index (χ1) is 11.0. The number of methoxy groups -OCH3 is 1. The summed E-state index contributed by atoms with van der Waals surface area (Å²) in [4.78, 5) is 11.1. The fourth-order valence-corrected chi connectivity index (χ4v) is 2.17. The fraction of sp³-hybridized carbons (Fsp3) is 0.118. The van der Waals surface area contributed by atoms with E-state index in [-0.39, 0.29) is 0 Å². The van der Waals surface area contributed by atoms with Crippen LogP contribution in [0.4, 0.5) is 10.1 Å². The van der Waals surface area contributed by atoms with Crippen LogP contribution in [0.2, 0.25) is 0 Å². The number of halogens is 2. The van der Waals surface area contributed by atoms with Crippen LogP contribution in [-0.2, 0) is 9.53 Å². The molecule has 0 aromatic heterocycles. The number of aliphatic hydroxyl groups excluding tert-OH is 1. The van der Waals surface area contributed by atoms with Crippen molar-refractivity contribution in [2.45, 2.75) is 6.23 Å². The first-order valence-corrected chi connectivity index (χ1v) is 7.54. The molecule has 0 bridgehead atoms. The third kappa shape index (κ3) is 5.19. The molecule has 1 unspecified atom stereocenters. The Bertz CT molecular complexity index is 716. The van der Waals surface area contributed by atoms with Crippen molar-refractivity contribution in [3.05, 3.63) is 70.0 Å². The van der Waals surface area contributed by atoms with E-state index in [9.17, 15) is 14.3 Å². The zero-order valence-corrected chi connectivity index (χ0v) is 13.9. The number of hydrogen-bond donors (Lipinski definition) is 2. The number of benzene rings is 2. The quantitative estimate of drug-likeness (QED) is 0.470. The van der Waals surface area contributed by atoms with Gasteiger partial charge in [0, 0.05) is 21.8 Å². The highest BCUT2D eigenvalue weighted by atomic mass is 79.9. The Morgan fingerprint density at radius 1 is 1.30 bits per heavy atom. The molecule has 0 fully saturated rings. The Labute approximate surface area is 141 Å². The normalized spacial score (nSPS) is 12.2. The van der Waals surface area contributed by atoms with Crippen molar-refractivity contribution in [3.63, 3.8) is 0 Å². The molecular formula is C17H15BrFNO3. The summed E-state index contributed by atoms with van der Waals surface area (Å²) in [5.74, 6) is -1.01. The molecule has 2 rings (SSSR count). The van der Waals surface area contributed by atoms with E-state index in [2.05, 4.69) is 26.0 Å². The summed E-state index contributed by atoms with van der Waals surface area (Å²) < 4.78 is 19.0. The predicted octanol–water partition coefficient (Wildman–Crippen LogP) is 3.88. The maximum atomic E-state index is 13.7. The Hall–Kier alpha value is -2.18. The number of nitrogens with one attached hydrogen (secondary N) is 1. The molecule has 2 aromatic rings. The fourth-order valence-electron chi connectivity index (χ4n) is 1.91. The van der Waals surface area contributed by atoms with Gasteiger partial charge < -0.3 is 15.2 Å². The average molecular weight is 380 g/mol. The van der Waals surface area contributed by atoms with Gasteiger partial charge in [0.2, 0.25) is 0 Å². The lowest BCUT2D eigenvalue weighted by Crippen LogP contribution is -2.09. The second kappa shape index (κ2) is 7.89. The van der Waals surface area contributed by atoms with Crippen molar-refractivity contribution in [3.8, 4) is 0 Å². The molecule has 0 saturated heterocycles. The molecule has 120 valence electrons. The van der Waals surface area contributed by atoms with Gasteiger partial charge in [0.05, 0.1) is 7.11 Å². The van der Waals surface area contributed by atoms with Crippen LogP contribution in [0.5, 0.6) is 0 Å². The van der Waals surface area contributed by atoms with Gasteiger partial charge in [-0.1, -0.05) is 28.1 Å². The molecule has 0 heterocycles. The third-order valence-corrected chi connectivity index (χ3v) is 3.55. The van der Waals surface area contributed by atoms with Gasteiger partial charge in [0.25, 0.3) is 0 Å². The van der Waals surface area contributed by atoms with Crippen molar-refractivity contribution < 1.29 is 19.0 Å². The smallest absolute Gasteiger partial charge is 0.330 e. The molecule has 0 saturated carbocycles. The van der Waals surface area contributed by atoms with Gasteiger partial charge in [0.15, 0.2) is 6.23 Å². The zero-order valence-electron chi connectivity index (χ0n) is 12.3. The van der Waals surface area contributed by atoms with Crippen molar-refractivity contribution in [1.82, 2.24) is 0 Å². The van der Waals surface area contributed by atoms with Crippen LogP contribution in [0.15, 0.2) is 53.0 Å². The van der Waals surface area contributed by atoms with E-state index in [0.29, 0.717) is 16.8 Å². The lowest BCUT2D eigenvalue weighted by atomic mass is 10.1. The molecule has 23 heavy (non-hydrogen) atoms. The van der Waals surface area contributed by atoms with Crippen LogP contribution in [0.3, 0.4) is 0 Å². The Balaban J connectivity index is 2.16. The molecular weight excluding hydrogens is 365 g/mol. The van der Waals surface area contributed by atoms with E-state index in [1.165, 1.54) is 31.4 Å². The van der Waals surface area contributed by atoms with Crippen LogP contribution >= 0.6 is 15.9 Å².